The summed E-state index contributed by atoms with van der Waals surface area (Å²) in [6.45, 7) is 3.62. The summed E-state index contributed by atoms with van der Waals surface area (Å²) in [4.78, 5) is 8.96. The van der Waals surface area contributed by atoms with Gasteiger partial charge in [-0.3, -0.25) is 0 Å². The van der Waals surface area contributed by atoms with Crippen LogP contribution in [-0.4, -0.2) is 19.5 Å². The highest BCUT2D eigenvalue weighted by molar-refractivity contribution is 5.79. The number of rotatable bonds is 4. The van der Waals surface area contributed by atoms with Crippen LogP contribution in [-0.2, 0) is 0 Å². The van der Waals surface area contributed by atoms with Crippen LogP contribution in [0.5, 0.6) is 5.75 Å². The molecule has 0 amide bonds. The molecule has 0 aliphatic heterocycles. The normalized spacial score (nSPS) is 11.2. The molecule has 5 aromatic rings. The average molecular weight is 414 g/mol. The van der Waals surface area contributed by atoms with Gasteiger partial charge < -0.3 is 19.2 Å². The third-order valence-corrected chi connectivity index (χ3v) is 5.05. The van der Waals surface area contributed by atoms with Crippen molar-refractivity contribution in [3.05, 3.63) is 84.4 Å². The molecule has 0 spiro atoms. The van der Waals surface area contributed by atoms with Crippen LogP contribution < -0.4 is 5.32 Å². The van der Waals surface area contributed by atoms with Gasteiger partial charge in [0.15, 0.2) is 17.3 Å². The Bertz CT molecular complexity index is 1400. The zero-order chi connectivity index (χ0) is 21.5. The van der Waals surface area contributed by atoms with Crippen molar-refractivity contribution >= 4 is 17.0 Å². The molecular formula is C24H19FN4O2. The van der Waals surface area contributed by atoms with Crippen LogP contribution in [0.15, 0.2) is 71.4 Å². The molecule has 2 aromatic carbocycles. The predicted octanol–water partition coefficient (Wildman–Crippen LogP) is 5.86. The van der Waals surface area contributed by atoms with Crippen molar-refractivity contribution in [1.29, 1.82) is 0 Å². The molecule has 31 heavy (non-hydrogen) atoms. The number of benzene rings is 2. The van der Waals surface area contributed by atoms with Gasteiger partial charge in [0, 0.05) is 36.6 Å². The van der Waals surface area contributed by atoms with Crippen molar-refractivity contribution in [2.75, 3.05) is 5.32 Å². The van der Waals surface area contributed by atoms with E-state index in [1.165, 1.54) is 12.1 Å². The summed E-state index contributed by atoms with van der Waals surface area (Å²) in [5.41, 5.74) is 5.07. The van der Waals surface area contributed by atoms with Gasteiger partial charge in [-0.05, 0) is 55.5 Å². The van der Waals surface area contributed by atoms with Gasteiger partial charge in [0.25, 0.3) is 0 Å². The molecule has 0 bridgehead atoms. The zero-order valence-corrected chi connectivity index (χ0v) is 16.9. The van der Waals surface area contributed by atoms with Crippen LogP contribution in [0.2, 0.25) is 0 Å². The summed E-state index contributed by atoms with van der Waals surface area (Å²) in [6, 6.07) is 15.3. The van der Waals surface area contributed by atoms with E-state index in [-0.39, 0.29) is 11.6 Å². The highest BCUT2D eigenvalue weighted by Crippen LogP contribution is 2.35. The van der Waals surface area contributed by atoms with Crippen LogP contribution >= 0.6 is 0 Å². The minimum absolute atomic E-state index is 0.0894. The fourth-order valence-corrected chi connectivity index (χ4v) is 3.61. The van der Waals surface area contributed by atoms with Gasteiger partial charge in [-0.15, -0.1) is 0 Å². The molecular weight excluding hydrogens is 395 g/mol. The first kappa shape index (κ1) is 18.9. The van der Waals surface area contributed by atoms with Gasteiger partial charge in [-0.2, -0.15) is 0 Å². The number of fused-ring (bicyclic) bond motifs is 1. The molecule has 0 unspecified atom stereocenters. The van der Waals surface area contributed by atoms with Crippen LogP contribution in [0, 0.1) is 19.7 Å². The van der Waals surface area contributed by atoms with Crippen molar-refractivity contribution in [2.24, 2.45) is 0 Å². The van der Waals surface area contributed by atoms with Gasteiger partial charge in [-0.1, -0.05) is 0 Å². The molecule has 3 aromatic heterocycles. The standard InChI is InChI=1S/C24H19FN4O2/c1-14-23(31-15(2)26-14)19-10-9-18(12-22(19)30)27-20-4-3-11-29-13-21(28-24(20)29)16-5-7-17(25)8-6-16/h3-13,27,30H,1-2H3. The molecule has 0 fully saturated rings. The second kappa shape index (κ2) is 7.28. The van der Waals surface area contributed by atoms with Gasteiger partial charge in [0.1, 0.15) is 11.6 Å². The number of nitrogens with one attached hydrogen (secondary N) is 1. The quantitative estimate of drug-likeness (QED) is 0.385. The third-order valence-electron chi connectivity index (χ3n) is 5.05. The Kier molecular flexibility index (Phi) is 4.43. The highest BCUT2D eigenvalue weighted by Gasteiger charge is 2.15. The number of imidazole rings is 1. The lowest BCUT2D eigenvalue weighted by Crippen LogP contribution is -1.94. The summed E-state index contributed by atoms with van der Waals surface area (Å²) in [6.07, 6.45) is 3.79. The minimum atomic E-state index is -0.284. The van der Waals surface area contributed by atoms with Crippen molar-refractivity contribution < 1.29 is 13.9 Å². The first-order chi connectivity index (χ1) is 15.0. The van der Waals surface area contributed by atoms with E-state index in [2.05, 4.69) is 10.3 Å². The Hall–Kier alpha value is -4.13. The molecule has 0 saturated carbocycles. The van der Waals surface area contributed by atoms with Crippen molar-refractivity contribution in [3.8, 4) is 28.3 Å². The number of aromatic hydroxyl groups is 1. The predicted molar refractivity (Wildman–Crippen MR) is 117 cm³/mol. The maximum Gasteiger partial charge on any atom is 0.192 e. The van der Waals surface area contributed by atoms with E-state index in [0.29, 0.717) is 28.5 Å². The van der Waals surface area contributed by atoms with Gasteiger partial charge in [0.05, 0.1) is 22.6 Å². The molecule has 0 aliphatic rings. The Morgan fingerprint density at radius 3 is 2.55 bits per heavy atom. The molecule has 3 heterocycles. The number of nitrogens with zero attached hydrogens (tertiary/aromatic N) is 3. The van der Waals surface area contributed by atoms with Crippen LogP contribution in [0.3, 0.4) is 0 Å². The van der Waals surface area contributed by atoms with Gasteiger partial charge >= 0.3 is 0 Å². The van der Waals surface area contributed by atoms with Crippen molar-refractivity contribution in [1.82, 2.24) is 14.4 Å². The smallest absolute Gasteiger partial charge is 0.192 e. The number of hydrogen-bond acceptors (Lipinski definition) is 5. The molecule has 2 N–H and O–H groups in total. The van der Waals surface area contributed by atoms with E-state index in [0.717, 1.165) is 22.6 Å². The Balaban J connectivity index is 1.48. The van der Waals surface area contributed by atoms with Crippen LogP contribution in [0.1, 0.15) is 11.6 Å². The SMILES string of the molecule is Cc1nc(C)c(-c2ccc(Nc3cccn4cc(-c5ccc(F)cc5)nc34)cc2O)o1. The topological polar surface area (TPSA) is 75.6 Å². The maximum atomic E-state index is 13.2. The Morgan fingerprint density at radius 1 is 1.03 bits per heavy atom. The summed E-state index contributed by atoms with van der Waals surface area (Å²) in [7, 11) is 0. The van der Waals surface area contributed by atoms with Crippen molar-refractivity contribution in [2.45, 2.75) is 13.8 Å². The molecule has 154 valence electrons. The molecule has 7 heteroatoms. The fourth-order valence-electron chi connectivity index (χ4n) is 3.61. The molecule has 5 rings (SSSR count). The molecule has 6 nitrogen and oxygen atoms in total. The Morgan fingerprint density at radius 2 is 1.84 bits per heavy atom. The molecule has 0 radical (unpaired) electrons. The molecule has 0 saturated heterocycles. The molecule has 0 aliphatic carbocycles. The van der Waals surface area contributed by atoms with E-state index in [1.807, 2.05) is 41.9 Å². The lowest BCUT2D eigenvalue weighted by Gasteiger charge is -2.10. The zero-order valence-electron chi connectivity index (χ0n) is 16.9. The number of hydrogen-bond donors (Lipinski definition) is 2. The maximum absolute atomic E-state index is 13.2. The van der Waals surface area contributed by atoms with Gasteiger partial charge in [-0.25, -0.2) is 14.4 Å². The number of halogens is 1. The first-order valence-corrected chi connectivity index (χ1v) is 9.76. The average Bonchev–Trinajstić information content (AvgIpc) is 3.32. The third kappa shape index (κ3) is 3.50. The number of oxazole rings is 1. The Labute approximate surface area is 177 Å². The minimum Gasteiger partial charge on any atom is -0.507 e. The monoisotopic (exact) mass is 414 g/mol. The number of aryl methyl sites for hydroxylation is 2. The van der Waals surface area contributed by atoms with Crippen LogP contribution in [0.4, 0.5) is 15.8 Å². The number of aromatic nitrogens is 3. The first-order valence-electron chi connectivity index (χ1n) is 9.76. The second-order valence-corrected chi connectivity index (χ2v) is 7.29. The number of anilines is 2. The van der Waals surface area contributed by atoms with E-state index < -0.39 is 0 Å². The largest absolute Gasteiger partial charge is 0.507 e. The van der Waals surface area contributed by atoms with Gasteiger partial charge in [0.2, 0.25) is 0 Å². The van der Waals surface area contributed by atoms with E-state index in [4.69, 9.17) is 9.40 Å². The summed E-state index contributed by atoms with van der Waals surface area (Å²) in [5, 5.41) is 13.9. The summed E-state index contributed by atoms with van der Waals surface area (Å²) >= 11 is 0. The summed E-state index contributed by atoms with van der Waals surface area (Å²) in [5.74, 6) is 0.915. The number of phenols is 1. The van der Waals surface area contributed by atoms with Crippen molar-refractivity contribution in [3.63, 3.8) is 0 Å². The summed E-state index contributed by atoms with van der Waals surface area (Å²) < 4.78 is 20.8. The van der Waals surface area contributed by atoms with E-state index in [9.17, 15) is 9.50 Å². The lowest BCUT2D eigenvalue weighted by atomic mass is 10.1. The number of phenolic OH excluding ortho intramolecular Hbond substituents is 1. The number of pyridine rings is 1. The highest BCUT2D eigenvalue weighted by atomic mass is 19.1. The lowest BCUT2D eigenvalue weighted by molar-refractivity contribution is 0.472. The second-order valence-electron chi connectivity index (χ2n) is 7.29. The van der Waals surface area contributed by atoms with E-state index in [1.54, 1.807) is 31.2 Å². The fraction of sp³-hybridized carbons (Fsp3) is 0.0833. The molecule has 0 atom stereocenters. The van der Waals surface area contributed by atoms with E-state index >= 15 is 0 Å². The van der Waals surface area contributed by atoms with Crippen LogP contribution in [0.25, 0.3) is 28.2 Å².